The Labute approximate surface area is 170 Å². The summed E-state index contributed by atoms with van der Waals surface area (Å²) in [4.78, 5) is 39.6. The van der Waals surface area contributed by atoms with Gasteiger partial charge in [-0.3, -0.25) is 9.59 Å². The number of imide groups is 1. The molecule has 1 saturated heterocycles. The number of nitrogens with one attached hydrogen (secondary N) is 1. The molecule has 8 heteroatoms. The lowest BCUT2D eigenvalue weighted by Crippen LogP contribution is -2.42. The van der Waals surface area contributed by atoms with Crippen LogP contribution in [0.3, 0.4) is 0 Å². The Morgan fingerprint density at radius 3 is 2.50 bits per heavy atom. The van der Waals surface area contributed by atoms with Crippen LogP contribution in [-0.2, 0) is 17.0 Å². The quantitative estimate of drug-likeness (QED) is 0.534. The van der Waals surface area contributed by atoms with Crippen molar-refractivity contribution >= 4 is 33.6 Å². The summed E-state index contributed by atoms with van der Waals surface area (Å²) in [6.45, 7) is 1.34. The largest absolute Gasteiger partial charge is 0.326 e. The van der Waals surface area contributed by atoms with E-state index in [1.165, 1.54) is 0 Å². The lowest BCUT2D eigenvalue weighted by Gasteiger charge is -2.22. The van der Waals surface area contributed by atoms with Crippen molar-refractivity contribution in [3.8, 4) is 0 Å². The number of hydrogen-bond donors (Lipinski definition) is 1. The first-order valence-electron chi connectivity index (χ1n) is 9.43. The Bertz CT molecular complexity index is 1400. The summed E-state index contributed by atoms with van der Waals surface area (Å²) in [5.41, 5.74) is -0.536. The zero-order valence-electron chi connectivity index (χ0n) is 16.1. The maximum atomic E-state index is 13.2. The van der Waals surface area contributed by atoms with Crippen molar-refractivity contribution in [3.05, 3.63) is 82.6 Å². The molecule has 148 valence electrons. The maximum absolute atomic E-state index is 13.2. The van der Waals surface area contributed by atoms with E-state index in [9.17, 15) is 14.4 Å². The maximum Gasteiger partial charge on any atom is 0.326 e. The van der Waals surface area contributed by atoms with Gasteiger partial charge in [0.1, 0.15) is 17.7 Å². The molecule has 4 aromatic rings. The number of fused-ring (bicyclic) bond motifs is 2. The first kappa shape index (κ1) is 18.0. The van der Waals surface area contributed by atoms with Gasteiger partial charge >= 0.3 is 6.03 Å². The SMILES string of the molecule is C[C@]1(c2ccc3ccccc3c2)NC(=O)N(Cn2nnc3ccccc3c2=O)C1=O. The van der Waals surface area contributed by atoms with E-state index in [1.807, 2.05) is 42.5 Å². The lowest BCUT2D eigenvalue weighted by atomic mass is 9.90. The summed E-state index contributed by atoms with van der Waals surface area (Å²) in [6.07, 6.45) is 0. The Morgan fingerprint density at radius 1 is 0.933 bits per heavy atom. The molecular formula is C22H17N5O3. The molecular weight excluding hydrogens is 382 g/mol. The average Bonchev–Trinajstić information content (AvgIpc) is 2.99. The molecule has 5 rings (SSSR count). The van der Waals surface area contributed by atoms with Crippen molar-refractivity contribution in [2.75, 3.05) is 0 Å². The summed E-state index contributed by atoms with van der Waals surface area (Å²) >= 11 is 0. The Kier molecular flexibility index (Phi) is 3.89. The van der Waals surface area contributed by atoms with E-state index in [2.05, 4.69) is 15.6 Å². The van der Waals surface area contributed by atoms with Gasteiger partial charge in [0.15, 0.2) is 0 Å². The summed E-state index contributed by atoms with van der Waals surface area (Å²) in [5.74, 6) is -0.454. The van der Waals surface area contributed by atoms with Gasteiger partial charge in [0.25, 0.3) is 11.5 Å². The molecule has 30 heavy (non-hydrogen) atoms. The standard InChI is InChI=1S/C22H17N5O3/c1-22(16-11-10-14-6-2-3-7-15(14)12-16)20(29)26(21(30)23-22)13-27-19(28)17-8-4-5-9-18(17)24-25-27/h2-12H,13H2,1H3,(H,23,30)/t22-/m1/s1. The highest BCUT2D eigenvalue weighted by molar-refractivity contribution is 6.07. The van der Waals surface area contributed by atoms with Crippen LogP contribution in [0.4, 0.5) is 4.79 Å². The van der Waals surface area contributed by atoms with E-state index in [4.69, 9.17) is 0 Å². The van der Waals surface area contributed by atoms with Crippen LogP contribution in [0.1, 0.15) is 12.5 Å². The topological polar surface area (TPSA) is 97.2 Å². The lowest BCUT2D eigenvalue weighted by molar-refractivity contribution is -0.132. The minimum Gasteiger partial charge on any atom is -0.319 e. The van der Waals surface area contributed by atoms with E-state index < -0.39 is 23.0 Å². The minimum absolute atomic E-state index is 0.315. The van der Waals surface area contributed by atoms with Gasteiger partial charge in [-0.2, -0.15) is 4.68 Å². The molecule has 1 N–H and O–H groups in total. The number of rotatable bonds is 3. The van der Waals surface area contributed by atoms with Crippen LogP contribution in [0.5, 0.6) is 0 Å². The number of carbonyl (C=O) groups excluding carboxylic acids is 2. The van der Waals surface area contributed by atoms with Crippen LogP contribution in [-0.4, -0.2) is 31.8 Å². The number of aromatic nitrogens is 3. The van der Waals surface area contributed by atoms with Gasteiger partial charge < -0.3 is 5.32 Å². The zero-order chi connectivity index (χ0) is 20.9. The molecule has 0 bridgehead atoms. The van der Waals surface area contributed by atoms with Gasteiger partial charge in [-0.1, -0.05) is 53.7 Å². The van der Waals surface area contributed by atoms with Gasteiger partial charge in [0.2, 0.25) is 0 Å². The highest BCUT2D eigenvalue weighted by Crippen LogP contribution is 2.31. The van der Waals surface area contributed by atoms with Gasteiger partial charge in [-0.05, 0) is 41.5 Å². The van der Waals surface area contributed by atoms with Crippen LogP contribution in [0.15, 0.2) is 71.5 Å². The van der Waals surface area contributed by atoms with Gasteiger partial charge in [0, 0.05) is 0 Å². The third-order valence-electron chi connectivity index (χ3n) is 5.51. The average molecular weight is 399 g/mol. The number of benzene rings is 3. The summed E-state index contributed by atoms with van der Waals surface area (Å²) in [6, 6.07) is 19.6. The highest BCUT2D eigenvalue weighted by atomic mass is 16.2. The van der Waals surface area contributed by atoms with Crippen molar-refractivity contribution in [1.82, 2.24) is 25.2 Å². The van der Waals surface area contributed by atoms with Crippen LogP contribution >= 0.6 is 0 Å². The molecule has 1 fully saturated rings. The van der Waals surface area contributed by atoms with Crippen molar-refractivity contribution in [1.29, 1.82) is 0 Å². The highest BCUT2D eigenvalue weighted by Gasteiger charge is 2.49. The molecule has 8 nitrogen and oxygen atoms in total. The summed E-state index contributed by atoms with van der Waals surface area (Å²) in [5, 5.41) is 13.0. The molecule has 3 aromatic carbocycles. The second-order valence-corrected chi connectivity index (χ2v) is 7.40. The molecule has 1 atom stereocenters. The number of urea groups is 1. The predicted molar refractivity (Wildman–Crippen MR) is 110 cm³/mol. The van der Waals surface area contributed by atoms with Crippen molar-refractivity contribution in [2.45, 2.75) is 19.1 Å². The second kappa shape index (κ2) is 6.48. The Balaban J connectivity index is 1.51. The van der Waals surface area contributed by atoms with Crippen LogP contribution in [0.25, 0.3) is 21.7 Å². The van der Waals surface area contributed by atoms with Gasteiger partial charge in [0.05, 0.1) is 5.39 Å². The van der Waals surface area contributed by atoms with Crippen LogP contribution in [0.2, 0.25) is 0 Å². The normalized spacial score (nSPS) is 18.9. The first-order chi connectivity index (χ1) is 14.5. The third kappa shape index (κ3) is 2.65. The van der Waals surface area contributed by atoms with Crippen LogP contribution in [0, 0.1) is 0 Å². The van der Waals surface area contributed by atoms with E-state index >= 15 is 0 Å². The van der Waals surface area contributed by atoms with E-state index in [0.717, 1.165) is 20.4 Å². The van der Waals surface area contributed by atoms with Crippen molar-refractivity contribution in [2.24, 2.45) is 0 Å². The van der Waals surface area contributed by atoms with Crippen LogP contribution < -0.4 is 10.9 Å². The molecule has 0 spiro atoms. The predicted octanol–water partition coefficient (Wildman–Crippen LogP) is 2.37. The monoisotopic (exact) mass is 399 g/mol. The second-order valence-electron chi connectivity index (χ2n) is 7.40. The molecule has 1 aliphatic rings. The zero-order valence-corrected chi connectivity index (χ0v) is 16.1. The molecule has 1 aromatic heterocycles. The van der Waals surface area contributed by atoms with E-state index in [0.29, 0.717) is 16.5 Å². The number of hydrogen-bond acceptors (Lipinski definition) is 5. The fourth-order valence-electron chi connectivity index (χ4n) is 3.77. The number of amides is 3. The Morgan fingerprint density at radius 2 is 1.67 bits per heavy atom. The summed E-state index contributed by atoms with van der Waals surface area (Å²) in [7, 11) is 0. The van der Waals surface area contributed by atoms with Gasteiger partial charge in [-0.15, -0.1) is 5.10 Å². The smallest absolute Gasteiger partial charge is 0.319 e. The Hall–Kier alpha value is -4.07. The fraction of sp³-hybridized carbons (Fsp3) is 0.136. The molecule has 0 unspecified atom stereocenters. The summed E-state index contributed by atoms with van der Waals surface area (Å²) < 4.78 is 1.02. The molecule has 3 amide bonds. The molecule has 1 aliphatic heterocycles. The third-order valence-corrected chi connectivity index (χ3v) is 5.51. The molecule has 0 saturated carbocycles. The van der Waals surface area contributed by atoms with E-state index in [1.54, 1.807) is 31.2 Å². The molecule has 0 aliphatic carbocycles. The molecule has 0 radical (unpaired) electrons. The first-order valence-corrected chi connectivity index (χ1v) is 9.43. The van der Waals surface area contributed by atoms with Crippen molar-refractivity contribution < 1.29 is 9.59 Å². The van der Waals surface area contributed by atoms with E-state index in [-0.39, 0.29) is 6.67 Å². The fourth-order valence-corrected chi connectivity index (χ4v) is 3.77. The van der Waals surface area contributed by atoms with Crippen molar-refractivity contribution in [3.63, 3.8) is 0 Å². The number of nitrogens with zero attached hydrogens (tertiary/aromatic N) is 4. The van der Waals surface area contributed by atoms with Gasteiger partial charge in [-0.25, -0.2) is 9.69 Å². The minimum atomic E-state index is -1.24. The number of carbonyl (C=O) groups is 2. The molecule has 2 heterocycles.